The lowest BCUT2D eigenvalue weighted by molar-refractivity contribution is -0.116. The maximum absolute atomic E-state index is 12.0. The first-order chi connectivity index (χ1) is 16.2. The lowest BCUT2D eigenvalue weighted by atomic mass is 10.1. The summed E-state index contributed by atoms with van der Waals surface area (Å²) in [4.78, 5) is 16.9. The third-order valence-corrected chi connectivity index (χ3v) is 5.99. The molecule has 4 aromatic rings. The Kier molecular flexibility index (Phi) is 7.94. The van der Waals surface area contributed by atoms with Gasteiger partial charge in [-0.3, -0.25) is 4.79 Å². The third kappa shape index (κ3) is 6.33. The van der Waals surface area contributed by atoms with E-state index in [1.807, 2.05) is 66.7 Å². The van der Waals surface area contributed by atoms with Crippen LogP contribution in [0.15, 0.2) is 84.9 Å². The van der Waals surface area contributed by atoms with Gasteiger partial charge in [-0.1, -0.05) is 78.7 Å². The van der Waals surface area contributed by atoms with E-state index in [4.69, 9.17) is 16.6 Å². The zero-order chi connectivity index (χ0) is 22.9. The number of para-hydroxylation sites is 2. The summed E-state index contributed by atoms with van der Waals surface area (Å²) in [6.07, 6.45) is 7.29. The van der Waals surface area contributed by atoms with Crippen molar-refractivity contribution >= 4 is 34.6 Å². The highest BCUT2D eigenvalue weighted by molar-refractivity contribution is 6.31. The largest absolute Gasteiger partial charge is 0.353 e. The lowest BCUT2D eigenvalue weighted by Crippen LogP contribution is -2.22. The number of hydrogen-bond donors (Lipinski definition) is 1. The standard InChI is InChI=1S/C28H28ClN3O/c29-24-14-7-6-13-23(24)21-32-26-16-9-8-15-25(26)31-27(32)17-5-2-10-20-30-28(33)19-18-22-11-3-1-4-12-22/h1,3-4,6-9,11-16,18-19H,2,5,10,17,20-21H2,(H,30,33)/b19-18+. The van der Waals surface area contributed by atoms with Gasteiger partial charge in [-0.05, 0) is 48.2 Å². The number of hydrogen-bond acceptors (Lipinski definition) is 2. The first-order valence-corrected chi connectivity index (χ1v) is 11.8. The van der Waals surface area contributed by atoms with Crippen molar-refractivity contribution in [1.82, 2.24) is 14.9 Å². The second kappa shape index (κ2) is 11.5. The minimum atomic E-state index is -0.0552. The number of nitrogens with zero attached hydrogens (tertiary/aromatic N) is 2. The fourth-order valence-electron chi connectivity index (χ4n) is 3.88. The molecule has 5 heteroatoms. The smallest absolute Gasteiger partial charge is 0.243 e. The molecular weight excluding hydrogens is 430 g/mol. The summed E-state index contributed by atoms with van der Waals surface area (Å²) in [5.74, 6) is 1.02. The van der Waals surface area contributed by atoms with Crippen molar-refractivity contribution in [1.29, 1.82) is 0 Å². The van der Waals surface area contributed by atoms with E-state index in [9.17, 15) is 4.79 Å². The molecule has 0 saturated heterocycles. The van der Waals surface area contributed by atoms with Crippen molar-refractivity contribution in [3.05, 3.63) is 107 Å². The summed E-state index contributed by atoms with van der Waals surface area (Å²) in [6.45, 7) is 1.38. The Morgan fingerprint density at radius 1 is 0.909 bits per heavy atom. The quantitative estimate of drug-likeness (QED) is 0.225. The molecule has 0 fully saturated rings. The Labute approximate surface area is 199 Å². The number of imidazole rings is 1. The molecule has 33 heavy (non-hydrogen) atoms. The van der Waals surface area contributed by atoms with Crippen molar-refractivity contribution in [3.63, 3.8) is 0 Å². The Hall–Kier alpha value is -3.37. The molecule has 1 amide bonds. The number of nitrogens with one attached hydrogen (secondary N) is 1. The number of aryl methyl sites for hydroxylation is 1. The van der Waals surface area contributed by atoms with E-state index in [2.05, 4.69) is 28.1 Å². The first-order valence-electron chi connectivity index (χ1n) is 11.4. The van der Waals surface area contributed by atoms with E-state index in [-0.39, 0.29) is 5.91 Å². The average Bonchev–Trinajstić information content (AvgIpc) is 3.19. The molecule has 0 atom stereocenters. The van der Waals surface area contributed by atoms with Crippen LogP contribution < -0.4 is 5.32 Å². The number of amides is 1. The van der Waals surface area contributed by atoms with Crippen LogP contribution in [0.4, 0.5) is 0 Å². The van der Waals surface area contributed by atoms with Crippen LogP contribution in [0.3, 0.4) is 0 Å². The van der Waals surface area contributed by atoms with Gasteiger partial charge in [0.1, 0.15) is 5.82 Å². The van der Waals surface area contributed by atoms with Crippen molar-refractivity contribution in [2.45, 2.75) is 32.2 Å². The zero-order valence-corrected chi connectivity index (χ0v) is 19.3. The molecular formula is C28H28ClN3O. The van der Waals surface area contributed by atoms with Crippen LogP contribution in [0.5, 0.6) is 0 Å². The number of benzene rings is 3. The van der Waals surface area contributed by atoms with Gasteiger partial charge in [0, 0.05) is 24.1 Å². The number of rotatable bonds is 10. The minimum absolute atomic E-state index is 0.0552. The molecule has 1 heterocycles. The van der Waals surface area contributed by atoms with Crippen LogP contribution in [0.1, 0.15) is 36.2 Å². The van der Waals surface area contributed by atoms with Gasteiger partial charge in [-0.15, -0.1) is 0 Å². The maximum Gasteiger partial charge on any atom is 0.243 e. The lowest BCUT2D eigenvalue weighted by Gasteiger charge is -2.11. The molecule has 0 unspecified atom stereocenters. The summed E-state index contributed by atoms with van der Waals surface area (Å²) in [5, 5.41) is 3.74. The van der Waals surface area contributed by atoms with Crippen molar-refractivity contribution in [2.24, 2.45) is 0 Å². The zero-order valence-electron chi connectivity index (χ0n) is 18.6. The Morgan fingerprint density at radius 3 is 2.52 bits per heavy atom. The number of carbonyl (C=O) groups excluding carboxylic acids is 1. The van der Waals surface area contributed by atoms with Gasteiger partial charge in [0.05, 0.1) is 17.6 Å². The van der Waals surface area contributed by atoms with E-state index < -0.39 is 0 Å². The van der Waals surface area contributed by atoms with Gasteiger partial charge >= 0.3 is 0 Å². The number of fused-ring (bicyclic) bond motifs is 1. The normalized spacial score (nSPS) is 11.3. The summed E-state index contributed by atoms with van der Waals surface area (Å²) in [6, 6.07) is 26.0. The number of halogens is 1. The second-order valence-electron chi connectivity index (χ2n) is 8.04. The monoisotopic (exact) mass is 457 g/mol. The molecule has 0 aliphatic heterocycles. The molecule has 0 bridgehead atoms. The van der Waals surface area contributed by atoms with Crippen molar-refractivity contribution < 1.29 is 4.79 Å². The van der Waals surface area contributed by atoms with Gasteiger partial charge in [0.2, 0.25) is 5.91 Å². The molecule has 1 N–H and O–H groups in total. The highest BCUT2D eigenvalue weighted by Crippen LogP contribution is 2.22. The SMILES string of the molecule is O=C(/C=C/c1ccccc1)NCCCCCc1nc2ccccc2n1Cc1ccccc1Cl. The molecule has 1 aromatic heterocycles. The molecule has 4 nitrogen and oxygen atoms in total. The average molecular weight is 458 g/mol. The van der Waals surface area contributed by atoms with Crippen molar-refractivity contribution in [2.75, 3.05) is 6.54 Å². The molecule has 3 aromatic carbocycles. The molecule has 0 radical (unpaired) electrons. The van der Waals surface area contributed by atoms with Gasteiger partial charge in [-0.25, -0.2) is 4.98 Å². The highest BCUT2D eigenvalue weighted by atomic mass is 35.5. The first kappa shape index (κ1) is 22.8. The van der Waals surface area contributed by atoms with Crippen LogP contribution in [0.25, 0.3) is 17.1 Å². The maximum atomic E-state index is 12.0. The predicted octanol–water partition coefficient (Wildman–Crippen LogP) is 6.28. The highest BCUT2D eigenvalue weighted by Gasteiger charge is 2.12. The molecule has 0 spiro atoms. The van der Waals surface area contributed by atoms with E-state index in [1.54, 1.807) is 6.08 Å². The van der Waals surface area contributed by atoms with E-state index in [1.165, 1.54) is 0 Å². The Balaban J connectivity index is 1.28. The third-order valence-electron chi connectivity index (χ3n) is 5.62. The number of aromatic nitrogens is 2. The summed E-state index contributed by atoms with van der Waals surface area (Å²) >= 11 is 6.42. The van der Waals surface area contributed by atoms with Crippen molar-refractivity contribution in [3.8, 4) is 0 Å². The fraction of sp³-hybridized carbons (Fsp3) is 0.214. The summed E-state index contributed by atoms with van der Waals surface area (Å²) in [5.41, 5.74) is 4.25. The molecule has 0 saturated carbocycles. The van der Waals surface area contributed by atoms with E-state index in [0.29, 0.717) is 13.1 Å². The summed E-state index contributed by atoms with van der Waals surface area (Å²) in [7, 11) is 0. The Bertz CT molecular complexity index is 1230. The molecule has 4 rings (SSSR count). The minimum Gasteiger partial charge on any atom is -0.353 e. The van der Waals surface area contributed by atoms with Gasteiger partial charge in [0.25, 0.3) is 0 Å². The summed E-state index contributed by atoms with van der Waals surface area (Å²) < 4.78 is 2.27. The van der Waals surface area contributed by atoms with E-state index in [0.717, 1.165) is 58.7 Å². The van der Waals surface area contributed by atoms with Crippen LogP contribution in [0, 0.1) is 0 Å². The topological polar surface area (TPSA) is 46.9 Å². The van der Waals surface area contributed by atoms with Crippen LogP contribution >= 0.6 is 11.6 Å². The van der Waals surface area contributed by atoms with Crippen LogP contribution in [-0.4, -0.2) is 22.0 Å². The number of unbranched alkanes of at least 4 members (excludes halogenated alkanes) is 2. The van der Waals surface area contributed by atoms with Crippen LogP contribution in [-0.2, 0) is 17.8 Å². The fourth-order valence-corrected chi connectivity index (χ4v) is 4.08. The molecule has 0 aliphatic carbocycles. The van der Waals surface area contributed by atoms with Gasteiger partial charge in [0.15, 0.2) is 0 Å². The predicted molar refractivity (Wildman–Crippen MR) is 136 cm³/mol. The van der Waals surface area contributed by atoms with Gasteiger partial charge < -0.3 is 9.88 Å². The second-order valence-corrected chi connectivity index (χ2v) is 8.45. The Morgan fingerprint density at radius 2 is 1.67 bits per heavy atom. The van der Waals surface area contributed by atoms with Gasteiger partial charge in [-0.2, -0.15) is 0 Å². The number of carbonyl (C=O) groups is 1. The van der Waals surface area contributed by atoms with Crippen LogP contribution in [0.2, 0.25) is 5.02 Å². The molecule has 0 aliphatic rings. The van der Waals surface area contributed by atoms with E-state index >= 15 is 0 Å². The molecule has 168 valence electrons.